The van der Waals surface area contributed by atoms with Crippen molar-refractivity contribution in [1.82, 2.24) is 10.4 Å². The molecule has 0 saturated carbocycles. The number of piperidine rings is 1. The van der Waals surface area contributed by atoms with Crippen LogP contribution in [0.1, 0.15) is 52.9 Å². The highest BCUT2D eigenvalue weighted by molar-refractivity contribution is 5.87. The maximum absolute atomic E-state index is 14.7. The predicted octanol–water partition coefficient (Wildman–Crippen LogP) is 4.58. The summed E-state index contributed by atoms with van der Waals surface area (Å²) in [6.45, 7) is 12.7. The molecule has 2 unspecified atom stereocenters. The summed E-state index contributed by atoms with van der Waals surface area (Å²) in [5.41, 5.74) is -0.121. The number of hydrogen-bond acceptors (Lipinski definition) is 4. The molecule has 0 aromatic rings. The SMILES string of the molecule is C=C/C=C1/C[C@H](NC(=O)OC(C)(C)CC)C(=O)N(F)C1COCCCCC(F)C=C. The van der Waals surface area contributed by atoms with Crippen LogP contribution in [0.4, 0.5) is 13.7 Å². The van der Waals surface area contributed by atoms with Gasteiger partial charge in [-0.25, -0.2) is 9.18 Å². The lowest BCUT2D eigenvalue weighted by atomic mass is 9.93. The number of unbranched alkanes of at least 4 members (excludes halogenated alkanes) is 1. The van der Waals surface area contributed by atoms with Crippen LogP contribution in [-0.4, -0.2) is 54.2 Å². The second-order valence-corrected chi connectivity index (χ2v) is 7.87. The summed E-state index contributed by atoms with van der Waals surface area (Å²) in [4.78, 5) is 24.5. The molecule has 30 heavy (non-hydrogen) atoms. The summed E-state index contributed by atoms with van der Waals surface area (Å²) in [6.07, 6.45) is 4.88. The van der Waals surface area contributed by atoms with Crippen LogP contribution in [0.2, 0.25) is 0 Å². The molecule has 0 aromatic carbocycles. The fourth-order valence-corrected chi connectivity index (χ4v) is 2.87. The normalized spacial score (nSPS) is 22.0. The standard InChI is InChI=1S/C22H34F2N2O4/c1-6-11-16-14-18(25-21(28)30-22(4,5)8-3)20(27)26(24)19(16)15-29-13-10-9-12-17(23)7-2/h6-7,11,17-19H,1-2,8-10,12-15H2,3-5H3,(H,25,28)/b16-11-/t17?,18-,19?/m0/s1. The number of nitrogens with one attached hydrogen (secondary N) is 1. The van der Waals surface area contributed by atoms with Crippen molar-refractivity contribution in [3.05, 3.63) is 37.0 Å². The van der Waals surface area contributed by atoms with Crippen molar-refractivity contribution in [2.75, 3.05) is 13.2 Å². The first-order chi connectivity index (χ1) is 14.1. The van der Waals surface area contributed by atoms with Gasteiger partial charge in [-0.15, -0.1) is 6.58 Å². The molecular formula is C22H34F2N2O4. The molecule has 6 nitrogen and oxygen atoms in total. The minimum atomic E-state index is -1.07. The molecule has 0 aliphatic carbocycles. The van der Waals surface area contributed by atoms with E-state index in [-0.39, 0.29) is 18.1 Å². The number of ether oxygens (including phenoxy) is 2. The first-order valence-electron chi connectivity index (χ1n) is 10.3. The molecule has 0 aromatic heterocycles. The minimum absolute atomic E-state index is 0.0392. The molecule has 3 atom stereocenters. The molecule has 1 aliphatic heterocycles. The third kappa shape index (κ3) is 8.26. The van der Waals surface area contributed by atoms with E-state index in [1.54, 1.807) is 19.9 Å². The van der Waals surface area contributed by atoms with Crippen molar-refractivity contribution in [3.8, 4) is 0 Å². The molecule has 1 saturated heterocycles. The molecule has 170 valence electrons. The second kappa shape index (κ2) is 12.5. The third-order valence-electron chi connectivity index (χ3n) is 5.04. The number of rotatable bonds is 12. The molecule has 1 heterocycles. The van der Waals surface area contributed by atoms with Crippen LogP contribution in [-0.2, 0) is 14.3 Å². The van der Waals surface area contributed by atoms with Crippen LogP contribution in [0, 0.1) is 0 Å². The molecule has 1 fully saturated rings. The minimum Gasteiger partial charge on any atom is -0.444 e. The average Bonchev–Trinajstić information content (AvgIpc) is 2.69. The summed E-state index contributed by atoms with van der Waals surface area (Å²) >= 11 is 0. The summed E-state index contributed by atoms with van der Waals surface area (Å²) in [5, 5.41) is 2.53. The van der Waals surface area contributed by atoms with Crippen LogP contribution in [0.15, 0.2) is 37.0 Å². The highest BCUT2D eigenvalue weighted by atomic mass is 19.2. The Morgan fingerprint density at radius 3 is 2.70 bits per heavy atom. The van der Waals surface area contributed by atoms with E-state index in [0.29, 0.717) is 37.9 Å². The average molecular weight is 429 g/mol. The maximum atomic E-state index is 14.7. The number of alkyl carbamates (subject to hydrolysis) is 1. The summed E-state index contributed by atoms with van der Waals surface area (Å²) in [6, 6.07) is -1.98. The van der Waals surface area contributed by atoms with Crippen LogP contribution < -0.4 is 5.32 Å². The van der Waals surface area contributed by atoms with Gasteiger partial charge in [0.05, 0.1) is 6.61 Å². The van der Waals surface area contributed by atoms with E-state index in [4.69, 9.17) is 9.47 Å². The van der Waals surface area contributed by atoms with Crippen LogP contribution in [0.25, 0.3) is 0 Å². The zero-order valence-electron chi connectivity index (χ0n) is 18.2. The number of halogens is 2. The summed E-state index contributed by atoms with van der Waals surface area (Å²) in [5.74, 6) is -0.859. The first kappa shape index (κ1) is 25.8. The number of hydrogen-bond donors (Lipinski definition) is 1. The van der Waals surface area contributed by atoms with Crippen LogP contribution >= 0.6 is 0 Å². The van der Waals surface area contributed by atoms with Gasteiger partial charge >= 0.3 is 6.09 Å². The fraction of sp³-hybridized carbons (Fsp3) is 0.636. The molecule has 0 spiro atoms. The zero-order valence-corrected chi connectivity index (χ0v) is 18.2. The van der Waals surface area contributed by atoms with Gasteiger partial charge < -0.3 is 14.8 Å². The molecule has 2 amide bonds. The zero-order chi connectivity index (χ0) is 22.7. The van der Waals surface area contributed by atoms with Gasteiger partial charge in [-0.1, -0.05) is 36.2 Å². The lowest BCUT2D eigenvalue weighted by molar-refractivity contribution is -0.159. The molecule has 8 heteroatoms. The monoisotopic (exact) mass is 428 g/mol. The Kier molecular flexibility index (Phi) is 10.7. The van der Waals surface area contributed by atoms with E-state index < -0.39 is 35.9 Å². The smallest absolute Gasteiger partial charge is 0.408 e. The lowest BCUT2D eigenvalue weighted by Crippen LogP contribution is -2.55. The van der Waals surface area contributed by atoms with Gasteiger partial charge in [0.25, 0.3) is 5.91 Å². The quantitative estimate of drug-likeness (QED) is 0.281. The van der Waals surface area contributed by atoms with Crippen molar-refractivity contribution >= 4 is 12.0 Å². The van der Waals surface area contributed by atoms with Gasteiger partial charge in [0.1, 0.15) is 23.9 Å². The molecule has 1 N–H and O–H groups in total. The van der Waals surface area contributed by atoms with Gasteiger partial charge in [0.15, 0.2) is 0 Å². The number of allylic oxidation sites excluding steroid dienone is 3. The Balaban J connectivity index is 2.63. The highest BCUT2D eigenvalue weighted by Gasteiger charge is 2.40. The van der Waals surface area contributed by atoms with Crippen molar-refractivity contribution in [2.45, 2.75) is 76.7 Å². The van der Waals surface area contributed by atoms with Crippen LogP contribution in [0.5, 0.6) is 0 Å². The Morgan fingerprint density at radius 2 is 2.10 bits per heavy atom. The summed E-state index contributed by atoms with van der Waals surface area (Å²) in [7, 11) is 0. The van der Waals surface area contributed by atoms with E-state index in [1.165, 1.54) is 12.2 Å². The first-order valence-corrected chi connectivity index (χ1v) is 10.3. The van der Waals surface area contributed by atoms with Gasteiger partial charge in [0, 0.05) is 13.0 Å². The number of carbonyl (C=O) groups is 2. The Hall–Kier alpha value is -2.22. The maximum Gasteiger partial charge on any atom is 0.408 e. The van der Waals surface area contributed by atoms with Crippen LogP contribution in [0.3, 0.4) is 0 Å². The van der Waals surface area contributed by atoms with Crippen molar-refractivity contribution < 1.29 is 27.9 Å². The number of amides is 2. The van der Waals surface area contributed by atoms with E-state index in [2.05, 4.69) is 18.5 Å². The fourth-order valence-electron chi connectivity index (χ4n) is 2.87. The van der Waals surface area contributed by atoms with E-state index >= 15 is 0 Å². The van der Waals surface area contributed by atoms with E-state index in [0.717, 1.165) is 0 Å². The molecule has 1 rings (SSSR count). The molecule has 0 radical (unpaired) electrons. The Morgan fingerprint density at radius 1 is 1.40 bits per heavy atom. The molecule has 0 bridgehead atoms. The lowest BCUT2D eigenvalue weighted by Gasteiger charge is -2.35. The van der Waals surface area contributed by atoms with E-state index in [9.17, 15) is 18.5 Å². The Labute approximate surface area is 177 Å². The van der Waals surface area contributed by atoms with Crippen molar-refractivity contribution in [2.24, 2.45) is 0 Å². The predicted molar refractivity (Wildman–Crippen MR) is 112 cm³/mol. The van der Waals surface area contributed by atoms with Gasteiger partial charge in [-0.2, -0.15) is 5.12 Å². The van der Waals surface area contributed by atoms with Gasteiger partial charge in [0.2, 0.25) is 0 Å². The van der Waals surface area contributed by atoms with Crippen molar-refractivity contribution in [3.63, 3.8) is 0 Å². The topological polar surface area (TPSA) is 67.9 Å². The Bertz CT molecular complexity index is 637. The number of carbonyl (C=O) groups excluding carboxylic acids is 2. The van der Waals surface area contributed by atoms with Gasteiger partial charge in [-0.05, 0) is 45.1 Å². The largest absolute Gasteiger partial charge is 0.444 e. The van der Waals surface area contributed by atoms with Gasteiger partial charge in [-0.3, -0.25) is 4.79 Å². The second-order valence-electron chi connectivity index (χ2n) is 7.87. The summed E-state index contributed by atoms with van der Waals surface area (Å²) < 4.78 is 38.6. The molecule has 1 aliphatic rings. The highest BCUT2D eigenvalue weighted by Crippen LogP contribution is 2.26. The molecular weight excluding hydrogens is 394 g/mol. The van der Waals surface area contributed by atoms with E-state index in [1.807, 2.05) is 6.92 Å². The number of alkyl halides is 1. The number of nitrogens with zero attached hydrogens (tertiary/aromatic N) is 1. The van der Waals surface area contributed by atoms with Crippen molar-refractivity contribution in [1.29, 1.82) is 0 Å². The third-order valence-corrected chi connectivity index (χ3v) is 5.04.